The van der Waals surface area contributed by atoms with Gasteiger partial charge in [0.15, 0.2) is 6.29 Å². The standard InChI is InChI=1S/C40H47N5O5/c41-35-12-4-5-13-36(35)43-39(48)15-7-14-38(47)42-33-11-6-10-32(24-33)40-49-34(25-37(50-40)31-18-16-30(28-46)17-19-31)27-45-22-20-44(21-23-45)26-29-8-2-1-3-9-29/h1-6,8-13,16-19,24,34,37,40,46H,7,14-15,20-23,25-28,41H2,(H,42,47)(H,43,48)/t34-,37+,40+/m0/s1. The Labute approximate surface area is 294 Å². The summed E-state index contributed by atoms with van der Waals surface area (Å²) in [6.07, 6.45) is 0.633. The molecule has 50 heavy (non-hydrogen) atoms. The molecule has 2 aliphatic heterocycles. The molecular formula is C40H47N5O5. The molecule has 10 nitrogen and oxygen atoms in total. The number of nitrogen functional groups attached to an aromatic ring is 1. The highest BCUT2D eigenvalue weighted by atomic mass is 16.7. The molecule has 0 unspecified atom stereocenters. The van der Waals surface area contributed by atoms with Gasteiger partial charge >= 0.3 is 0 Å². The van der Waals surface area contributed by atoms with Gasteiger partial charge in [0.1, 0.15) is 0 Å². The number of anilines is 3. The maximum atomic E-state index is 12.8. The molecule has 2 aliphatic rings. The van der Waals surface area contributed by atoms with Crippen molar-refractivity contribution in [1.82, 2.24) is 9.80 Å². The van der Waals surface area contributed by atoms with E-state index < -0.39 is 6.29 Å². The van der Waals surface area contributed by atoms with Crippen molar-refractivity contribution in [2.75, 3.05) is 49.1 Å². The first-order valence-corrected chi connectivity index (χ1v) is 17.5. The van der Waals surface area contributed by atoms with Crippen LogP contribution in [0.15, 0.2) is 103 Å². The quantitative estimate of drug-likeness (QED) is 0.129. The van der Waals surface area contributed by atoms with Gasteiger partial charge in [0.25, 0.3) is 0 Å². The molecule has 3 atom stereocenters. The monoisotopic (exact) mass is 677 g/mol. The molecule has 0 radical (unpaired) electrons. The smallest absolute Gasteiger partial charge is 0.224 e. The molecule has 2 fully saturated rings. The Kier molecular flexibility index (Phi) is 12.3. The van der Waals surface area contributed by atoms with Gasteiger partial charge in [0.05, 0.1) is 30.2 Å². The highest BCUT2D eigenvalue weighted by Crippen LogP contribution is 2.39. The number of para-hydroxylation sites is 2. The van der Waals surface area contributed by atoms with Crippen LogP contribution in [0.4, 0.5) is 17.1 Å². The number of piperazine rings is 1. The van der Waals surface area contributed by atoms with E-state index in [1.54, 1.807) is 18.2 Å². The number of nitrogens with zero attached hydrogens (tertiary/aromatic N) is 2. The number of amides is 2. The van der Waals surface area contributed by atoms with E-state index in [4.69, 9.17) is 15.2 Å². The molecular weight excluding hydrogens is 630 g/mol. The fourth-order valence-corrected chi connectivity index (χ4v) is 6.51. The number of ether oxygens (including phenoxy) is 2. The minimum absolute atomic E-state index is 0.00899. The van der Waals surface area contributed by atoms with E-state index in [-0.39, 0.29) is 43.5 Å². The van der Waals surface area contributed by atoms with Crippen LogP contribution in [0.2, 0.25) is 0 Å². The molecule has 0 saturated carbocycles. The van der Waals surface area contributed by atoms with Gasteiger partial charge in [0, 0.05) is 69.8 Å². The summed E-state index contributed by atoms with van der Waals surface area (Å²) in [7, 11) is 0. The lowest BCUT2D eigenvalue weighted by atomic mass is 9.99. The SMILES string of the molecule is Nc1ccccc1NC(=O)CCCC(=O)Nc1cccc([C@@H]2O[C@H](CN3CCN(Cc4ccccc4)CC3)C[C@H](c3ccc(CO)cc3)O2)c1. The maximum Gasteiger partial charge on any atom is 0.224 e. The van der Waals surface area contributed by atoms with Crippen molar-refractivity contribution in [3.8, 4) is 0 Å². The number of aliphatic hydroxyl groups is 1. The molecule has 0 bridgehead atoms. The average molecular weight is 678 g/mol. The predicted octanol–water partition coefficient (Wildman–Crippen LogP) is 5.87. The van der Waals surface area contributed by atoms with Crippen LogP contribution < -0.4 is 16.4 Å². The fourth-order valence-electron chi connectivity index (χ4n) is 6.51. The maximum absolute atomic E-state index is 12.8. The molecule has 4 aromatic rings. The molecule has 10 heteroatoms. The summed E-state index contributed by atoms with van der Waals surface area (Å²) in [5, 5.41) is 15.3. The van der Waals surface area contributed by atoms with Crippen LogP contribution in [0, 0.1) is 0 Å². The molecule has 0 aliphatic carbocycles. The second-order valence-electron chi connectivity index (χ2n) is 13.1. The van der Waals surface area contributed by atoms with Gasteiger partial charge in [-0.25, -0.2) is 0 Å². The Morgan fingerprint density at radius 2 is 1.44 bits per heavy atom. The second-order valence-corrected chi connectivity index (χ2v) is 13.1. The largest absolute Gasteiger partial charge is 0.397 e. The molecule has 2 amide bonds. The summed E-state index contributed by atoms with van der Waals surface area (Å²) < 4.78 is 13.2. The number of hydrogen-bond acceptors (Lipinski definition) is 8. The molecule has 4 aromatic carbocycles. The van der Waals surface area contributed by atoms with Gasteiger partial charge in [-0.1, -0.05) is 78.9 Å². The Bertz CT molecular complexity index is 1690. The van der Waals surface area contributed by atoms with Gasteiger partial charge in [-0.05, 0) is 47.4 Å². The van der Waals surface area contributed by atoms with Gasteiger partial charge < -0.3 is 30.9 Å². The summed E-state index contributed by atoms with van der Waals surface area (Å²) in [5.41, 5.74) is 11.7. The third-order valence-electron chi connectivity index (χ3n) is 9.28. The topological polar surface area (TPSA) is 129 Å². The number of nitrogens with one attached hydrogen (secondary N) is 2. The van der Waals surface area contributed by atoms with Crippen molar-refractivity contribution in [2.45, 2.75) is 57.3 Å². The summed E-state index contributed by atoms with van der Waals surface area (Å²) in [6, 6.07) is 33.2. The molecule has 0 aromatic heterocycles. The zero-order valence-electron chi connectivity index (χ0n) is 28.4. The van der Waals surface area contributed by atoms with E-state index >= 15 is 0 Å². The first-order chi connectivity index (χ1) is 24.4. The lowest BCUT2D eigenvalue weighted by Crippen LogP contribution is -2.49. The normalized spacial score (nSPS) is 19.9. The van der Waals surface area contributed by atoms with Crippen LogP contribution in [-0.2, 0) is 32.2 Å². The van der Waals surface area contributed by atoms with E-state index in [2.05, 4.69) is 50.8 Å². The van der Waals surface area contributed by atoms with E-state index in [1.807, 2.05) is 54.6 Å². The Balaban J connectivity index is 1.05. The summed E-state index contributed by atoms with van der Waals surface area (Å²) >= 11 is 0. The number of carbonyl (C=O) groups excluding carboxylic acids is 2. The number of carbonyl (C=O) groups is 2. The Morgan fingerprint density at radius 1 is 0.740 bits per heavy atom. The Morgan fingerprint density at radius 3 is 2.18 bits per heavy atom. The van der Waals surface area contributed by atoms with Crippen LogP contribution >= 0.6 is 0 Å². The van der Waals surface area contributed by atoms with Crippen LogP contribution in [0.1, 0.15) is 60.3 Å². The zero-order valence-corrected chi connectivity index (χ0v) is 28.4. The summed E-state index contributed by atoms with van der Waals surface area (Å²) in [4.78, 5) is 30.2. The zero-order chi connectivity index (χ0) is 34.7. The van der Waals surface area contributed by atoms with E-state index in [0.29, 0.717) is 29.9 Å². The minimum Gasteiger partial charge on any atom is -0.397 e. The molecule has 0 spiro atoms. The average Bonchev–Trinajstić information content (AvgIpc) is 3.14. The van der Waals surface area contributed by atoms with Gasteiger partial charge in [-0.3, -0.25) is 19.4 Å². The third-order valence-corrected chi connectivity index (χ3v) is 9.28. The van der Waals surface area contributed by atoms with Crippen LogP contribution in [0.25, 0.3) is 0 Å². The van der Waals surface area contributed by atoms with Gasteiger partial charge in [0.2, 0.25) is 11.8 Å². The predicted molar refractivity (Wildman–Crippen MR) is 195 cm³/mol. The molecule has 2 heterocycles. The van der Waals surface area contributed by atoms with Crippen LogP contribution in [0.5, 0.6) is 0 Å². The molecule has 6 rings (SSSR count). The minimum atomic E-state index is -0.624. The highest BCUT2D eigenvalue weighted by molar-refractivity contribution is 5.94. The third kappa shape index (κ3) is 9.99. The van der Waals surface area contributed by atoms with Crippen molar-refractivity contribution in [3.05, 3.63) is 125 Å². The van der Waals surface area contributed by atoms with Crippen molar-refractivity contribution in [1.29, 1.82) is 0 Å². The van der Waals surface area contributed by atoms with Gasteiger partial charge in [-0.15, -0.1) is 0 Å². The fraction of sp³-hybridized carbons (Fsp3) is 0.350. The molecule has 262 valence electrons. The van der Waals surface area contributed by atoms with E-state index in [1.165, 1.54) is 5.56 Å². The number of rotatable bonds is 13. The van der Waals surface area contributed by atoms with Crippen molar-refractivity contribution < 1.29 is 24.2 Å². The number of benzene rings is 4. The van der Waals surface area contributed by atoms with Crippen molar-refractivity contribution >= 4 is 28.9 Å². The number of aliphatic hydroxyl groups excluding tert-OH is 1. The number of hydrogen-bond donors (Lipinski definition) is 4. The van der Waals surface area contributed by atoms with Gasteiger partial charge in [-0.2, -0.15) is 0 Å². The number of nitrogens with two attached hydrogens (primary N) is 1. The highest BCUT2D eigenvalue weighted by Gasteiger charge is 2.34. The van der Waals surface area contributed by atoms with Crippen molar-refractivity contribution in [3.63, 3.8) is 0 Å². The first kappa shape index (κ1) is 35.3. The second kappa shape index (κ2) is 17.4. The molecule has 2 saturated heterocycles. The Hall–Kier alpha value is -4.58. The van der Waals surface area contributed by atoms with Crippen LogP contribution in [-0.4, -0.2) is 65.5 Å². The lowest BCUT2D eigenvalue weighted by Gasteiger charge is -2.41. The van der Waals surface area contributed by atoms with Crippen LogP contribution in [0.3, 0.4) is 0 Å². The summed E-state index contributed by atoms with van der Waals surface area (Å²) in [6.45, 7) is 5.69. The van der Waals surface area contributed by atoms with E-state index in [0.717, 1.165) is 56.0 Å². The first-order valence-electron chi connectivity index (χ1n) is 17.5. The van der Waals surface area contributed by atoms with Crippen molar-refractivity contribution in [2.24, 2.45) is 0 Å². The summed E-state index contributed by atoms with van der Waals surface area (Å²) in [5.74, 6) is -0.362. The lowest BCUT2D eigenvalue weighted by molar-refractivity contribution is -0.253. The molecule has 5 N–H and O–H groups in total. The van der Waals surface area contributed by atoms with E-state index in [9.17, 15) is 14.7 Å².